The smallest absolute Gasteiger partial charge is 0.198 e. The molecule has 0 spiro atoms. The second-order valence-corrected chi connectivity index (χ2v) is 7.76. The maximum absolute atomic E-state index is 11.7. The summed E-state index contributed by atoms with van der Waals surface area (Å²) in [6.45, 7) is 10.1. The maximum atomic E-state index is 11.7. The van der Waals surface area contributed by atoms with Crippen LogP contribution in [0.15, 0.2) is 22.7 Å². The summed E-state index contributed by atoms with van der Waals surface area (Å²) in [6, 6.07) is 0. The highest BCUT2D eigenvalue weighted by molar-refractivity contribution is 6.13. The number of methoxy groups -OCH3 is 1. The fourth-order valence-corrected chi connectivity index (χ4v) is 3.04. The Hall–Kier alpha value is -2.28. The van der Waals surface area contributed by atoms with Gasteiger partial charge in [0, 0.05) is 41.9 Å². The van der Waals surface area contributed by atoms with Crippen molar-refractivity contribution in [2.24, 2.45) is 10.8 Å². The van der Waals surface area contributed by atoms with E-state index in [2.05, 4.69) is 0 Å². The summed E-state index contributed by atoms with van der Waals surface area (Å²) in [7, 11) is 2.42. The zero-order chi connectivity index (χ0) is 21.7. The van der Waals surface area contributed by atoms with Crippen LogP contribution in [0.4, 0.5) is 0 Å². The van der Waals surface area contributed by atoms with E-state index in [1.165, 1.54) is 14.0 Å². The van der Waals surface area contributed by atoms with Crippen molar-refractivity contribution in [3.8, 4) is 0 Å². The third kappa shape index (κ3) is 5.86. The van der Waals surface area contributed by atoms with Gasteiger partial charge >= 0.3 is 0 Å². The minimum absolute atomic E-state index is 0. The summed E-state index contributed by atoms with van der Waals surface area (Å²) in [4.78, 5) is 45.7. The molecule has 0 radical (unpaired) electrons. The molecule has 0 aromatic rings. The third-order valence-corrected chi connectivity index (χ3v) is 4.53. The quantitative estimate of drug-likeness (QED) is 0.696. The first kappa shape index (κ1) is 27.9. The van der Waals surface area contributed by atoms with Crippen molar-refractivity contribution < 1.29 is 34.1 Å². The Labute approximate surface area is 167 Å². The summed E-state index contributed by atoms with van der Waals surface area (Å²) >= 11 is 0. The lowest BCUT2D eigenvalue weighted by Gasteiger charge is -2.28. The van der Waals surface area contributed by atoms with Crippen molar-refractivity contribution in [2.75, 3.05) is 14.2 Å². The highest BCUT2D eigenvalue weighted by Crippen LogP contribution is 2.33. The first-order chi connectivity index (χ1) is 12.3. The molecule has 2 aliphatic rings. The lowest BCUT2D eigenvalue weighted by molar-refractivity contribution is -0.132. The van der Waals surface area contributed by atoms with Gasteiger partial charge in [0.1, 0.15) is 0 Å². The third-order valence-electron chi connectivity index (χ3n) is 4.53. The maximum Gasteiger partial charge on any atom is 0.198 e. The van der Waals surface area contributed by atoms with Crippen LogP contribution in [0.5, 0.6) is 0 Å². The molecule has 0 amide bonds. The molecule has 0 saturated carbocycles. The molecule has 0 saturated heterocycles. The van der Waals surface area contributed by atoms with Gasteiger partial charge in [-0.1, -0.05) is 35.1 Å². The molecule has 2 rings (SSSR count). The SMILES string of the molecule is C.CC1=C(O)C(=O)CC(C)(C)C1=O.CO.COC1=C(C)C(=O)C(C)(C)CC1=O. The lowest BCUT2D eigenvalue weighted by atomic mass is 9.75. The van der Waals surface area contributed by atoms with E-state index in [0.29, 0.717) is 5.57 Å². The van der Waals surface area contributed by atoms with E-state index in [0.717, 1.165) is 7.11 Å². The number of carbonyl (C=O) groups is 4. The van der Waals surface area contributed by atoms with Gasteiger partial charge in [0.25, 0.3) is 0 Å². The predicted molar refractivity (Wildman–Crippen MR) is 107 cm³/mol. The summed E-state index contributed by atoms with van der Waals surface area (Å²) < 4.78 is 4.89. The number of aliphatic hydroxyl groups is 2. The first-order valence-electron chi connectivity index (χ1n) is 8.51. The van der Waals surface area contributed by atoms with Crippen LogP contribution in [-0.4, -0.2) is 47.6 Å². The molecular weight excluding hydrogens is 364 g/mol. The zero-order valence-corrected chi connectivity index (χ0v) is 17.3. The van der Waals surface area contributed by atoms with Crippen LogP contribution >= 0.6 is 0 Å². The molecule has 0 aromatic carbocycles. The average Bonchev–Trinajstić information content (AvgIpc) is 2.58. The minimum Gasteiger partial charge on any atom is -0.504 e. The van der Waals surface area contributed by atoms with Crippen LogP contribution in [0.25, 0.3) is 0 Å². The predicted octanol–water partition coefficient (Wildman–Crippen LogP) is 3.11. The van der Waals surface area contributed by atoms with Crippen molar-refractivity contribution >= 4 is 23.1 Å². The molecule has 0 unspecified atom stereocenters. The van der Waals surface area contributed by atoms with E-state index in [4.69, 9.17) is 14.9 Å². The van der Waals surface area contributed by atoms with Gasteiger partial charge in [-0.2, -0.15) is 0 Å². The Morgan fingerprint density at radius 3 is 1.54 bits per heavy atom. The molecule has 2 N–H and O–H groups in total. The number of aliphatic hydroxyl groups excluding tert-OH is 2. The molecule has 7 heteroatoms. The molecule has 0 fully saturated rings. The Balaban J connectivity index is 0. The second-order valence-electron chi connectivity index (χ2n) is 7.76. The Morgan fingerprint density at radius 1 is 0.786 bits per heavy atom. The van der Waals surface area contributed by atoms with Crippen molar-refractivity contribution in [2.45, 2.75) is 61.8 Å². The normalized spacial score (nSPS) is 20.5. The Morgan fingerprint density at radius 2 is 1.14 bits per heavy atom. The number of ketones is 4. The minimum atomic E-state index is -0.645. The summed E-state index contributed by atoms with van der Waals surface area (Å²) in [6.07, 6.45) is 0.349. The van der Waals surface area contributed by atoms with Crippen molar-refractivity contribution in [3.63, 3.8) is 0 Å². The van der Waals surface area contributed by atoms with Crippen LogP contribution in [-0.2, 0) is 23.9 Å². The van der Waals surface area contributed by atoms with E-state index in [-0.39, 0.29) is 60.5 Å². The van der Waals surface area contributed by atoms with E-state index in [1.807, 2.05) is 0 Å². The molecule has 0 heterocycles. The van der Waals surface area contributed by atoms with E-state index in [9.17, 15) is 19.2 Å². The summed E-state index contributed by atoms with van der Waals surface area (Å²) in [5.41, 5.74) is -0.573. The van der Waals surface area contributed by atoms with E-state index in [1.54, 1.807) is 34.6 Å². The standard InChI is InChI=1S/C10H14O3.C9H12O3.CH4O.CH4/c1-6-8(13-4)7(11)5-10(2,3)9(6)12;1-5-7(11)6(10)4-9(2,3)8(5)12;1-2;/h5H2,1-4H3;11H,4H2,1-3H3;2H,1H3;1H4. The second kappa shape index (κ2) is 10.3. The first-order valence-corrected chi connectivity index (χ1v) is 8.51. The molecule has 0 aromatic heterocycles. The summed E-state index contributed by atoms with van der Waals surface area (Å²) in [5.74, 6) is -0.686. The summed E-state index contributed by atoms with van der Waals surface area (Å²) in [5, 5.41) is 16.2. The fraction of sp³-hybridized carbons (Fsp3) is 0.619. The number of ether oxygens (including phenoxy) is 1. The number of allylic oxidation sites excluding steroid dienone is 4. The Bertz CT molecular complexity index is 706. The van der Waals surface area contributed by atoms with Crippen molar-refractivity contribution in [3.05, 3.63) is 22.7 Å². The average molecular weight is 398 g/mol. The van der Waals surface area contributed by atoms with E-state index >= 15 is 0 Å². The monoisotopic (exact) mass is 398 g/mol. The number of hydrogen-bond donors (Lipinski definition) is 2. The number of hydrogen-bond acceptors (Lipinski definition) is 7. The van der Waals surface area contributed by atoms with Gasteiger partial charge in [0.15, 0.2) is 34.7 Å². The van der Waals surface area contributed by atoms with E-state index < -0.39 is 10.8 Å². The van der Waals surface area contributed by atoms with Gasteiger partial charge in [-0.15, -0.1) is 0 Å². The van der Waals surface area contributed by atoms with Crippen LogP contribution in [0.1, 0.15) is 61.8 Å². The van der Waals surface area contributed by atoms with Crippen molar-refractivity contribution in [1.82, 2.24) is 0 Å². The largest absolute Gasteiger partial charge is 0.504 e. The molecule has 2 aliphatic carbocycles. The molecule has 28 heavy (non-hydrogen) atoms. The van der Waals surface area contributed by atoms with Gasteiger partial charge in [-0.25, -0.2) is 0 Å². The number of rotatable bonds is 1. The van der Waals surface area contributed by atoms with Crippen LogP contribution in [0.3, 0.4) is 0 Å². The van der Waals surface area contributed by atoms with Crippen molar-refractivity contribution in [1.29, 1.82) is 0 Å². The zero-order valence-electron chi connectivity index (χ0n) is 17.3. The van der Waals surface area contributed by atoms with Gasteiger partial charge in [-0.3, -0.25) is 19.2 Å². The fourth-order valence-electron chi connectivity index (χ4n) is 3.04. The molecule has 0 aliphatic heterocycles. The molecule has 160 valence electrons. The van der Waals surface area contributed by atoms with Gasteiger partial charge in [0.05, 0.1) is 7.11 Å². The highest BCUT2D eigenvalue weighted by atomic mass is 16.5. The Kier molecular flexibility index (Phi) is 10.3. The molecular formula is C21H34O7. The van der Waals surface area contributed by atoms with Gasteiger partial charge < -0.3 is 14.9 Å². The number of Topliss-reactive ketones (excluding diaryl/α,β-unsaturated/α-hetero) is 4. The van der Waals surface area contributed by atoms with Gasteiger partial charge in [0.2, 0.25) is 0 Å². The highest BCUT2D eigenvalue weighted by Gasteiger charge is 2.39. The van der Waals surface area contributed by atoms with Crippen LogP contribution < -0.4 is 0 Å². The molecule has 0 bridgehead atoms. The lowest BCUT2D eigenvalue weighted by Crippen LogP contribution is -2.34. The van der Waals surface area contributed by atoms with Crippen LogP contribution in [0.2, 0.25) is 0 Å². The van der Waals surface area contributed by atoms with Gasteiger partial charge in [-0.05, 0) is 13.8 Å². The number of carbonyl (C=O) groups excluding carboxylic acids is 4. The molecule has 0 atom stereocenters. The van der Waals surface area contributed by atoms with Crippen LogP contribution in [0, 0.1) is 10.8 Å². The topological polar surface area (TPSA) is 118 Å². The molecule has 7 nitrogen and oxygen atoms in total.